The van der Waals surface area contributed by atoms with Gasteiger partial charge in [0, 0.05) is 31.7 Å². The second kappa shape index (κ2) is 5.58. The molecule has 3 nitrogen and oxygen atoms in total. The molecule has 0 amide bonds. The Morgan fingerprint density at radius 3 is 2.43 bits per heavy atom. The number of aldehydes is 1. The molecular formula is C16H9Br2NO2. The van der Waals surface area contributed by atoms with Crippen molar-refractivity contribution in [1.29, 1.82) is 0 Å². The van der Waals surface area contributed by atoms with Gasteiger partial charge >= 0.3 is 0 Å². The van der Waals surface area contributed by atoms with Gasteiger partial charge in [-0.1, -0.05) is 37.9 Å². The summed E-state index contributed by atoms with van der Waals surface area (Å²) in [4.78, 5) is 23.9. The Morgan fingerprint density at radius 1 is 1.05 bits per heavy atom. The fourth-order valence-corrected chi connectivity index (χ4v) is 3.11. The number of carbonyl (C=O) groups excluding carboxylic acids is 2. The number of fused-ring (bicyclic) bond motifs is 1. The monoisotopic (exact) mass is 405 g/mol. The first-order valence-electron chi connectivity index (χ1n) is 6.17. The van der Waals surface area contributed by atoms with Crippen molar-refractivity contribution in [1.82, 2.24) is 4.57 Å². The third kappa shape index (κ3) is 2.47. The van der Waals surface area contributed by atoms with E-state index in [2.05, 4.69) is 31.9 Å². The van der Waals surface area contributed by atoms with Crippen LogP contribution in [0.25, 0.3) is 10.9 Å². The number of halogens is 2. The van der Waals surface area contributed by atoms with Crippen LogP contribution in [0.5, 0.6) is 0 Å². The molecule has 0 aliphatic carbocycles. The fourth-order valence-electron chi connectivity index (χ4n) is 2.26. The number of aromatic nitrogens is 1. The first-order chi connectivity index (χ1) is 10.1. The lowest BCUT2D eigenvalue weighted by Gasteiger charge is -2.04. The van der Waals surface area contributed by atoms with Gasteiger partial charge in [0.05, 0.1) is 5.52 Å². The highest BCUT2D eigenvalue weighted by atomic mass is 79.9. The highest BCUT2D eigenvalue weighted by molar-refractivity contribution is 9.11. The topological polar surface area (TPSA) is 39.1 Å². The van der Waals surface area contributed by atoms with Gasteiger partial charge in [-0.25, -0.2) is 0 Å². The summed E-state index contributed by atoms with van der Waals surface area (Å²) in [5, 5.41) is 0.748. The number of nitrogens with zero attached hydrogens (tertiary/aromatic N) is 1. The zero-order valence-electron chi connectivity index (χ0n) is 10.7. The van der Waals surface area contributed by atoms with Crippen LogP contribution < -0.4 is 0 Å². The quantitative estimate of drug-likeness (QED) is 0.580. The summed E-state index contributed by atoms with van der Waals surface area (Å²) < 4.78 is 3.21. The van der Waals surface area contributed by atoms with Crippen LogP contribution in [-0.4, -0.2) is 16.8 Å². The molecule has 0 aliphatic rings. The van der Waals surface area contributed by atoms with Crippen LogP contribution in [0.4, 0.5) is 0 Å². The van der Waals surface area contributed by atoms with E-state index in [0.717, 1.165) is 20.6 Å². The average molecular weight is 407 g/mol. The van der Waals surface area contributed by atoms with E-state index in [4.69, 9.17) is 0 Å². The molecular weight excluding hydrogens is 398 g/mol. The molecule has 104 valence electrons. The highest BCUT2D eigenvalue weighted by Gasteiger charge is 2.16. The van der Waals surface area contributed by atoms with Gasteiger partial charge in [0.1, 0.15) is 0 Å². The van der Waals surface area contributed by atoms with Crippen molar-refractivity contribution in [2.75, 3.05) is 0 Å². The number of carbonyl (C=O) groups is 2. The molecule has 21 heavy (non-hydrogen) atoms. The van der Waals surface area contributed by atoms with Gasteiger partial charge in [-0.2, -0.15) is 0 Å². The third-order valence-electron chi connectivity index (χ3n) is 3.24. The van der Waals surface area contributed by atoms with Crippen LogP contribution in [0.2, 0.25) is 0 Å². The van der Waals surface area contributed by atoms with Gasteiger partial charge in [0.2, 0.25) is 0 Å². The van der Waals surface area contributed by atoms with E-state index in [1.807, 2.05) is 30.3 Å². The summed E-state index contributed by atoms with van der Waals surface area (Å²) in [5.41, 5.74) is 1.76. The Hall–Kier alpha value is -1.72. The van der Waals surface area contributed by atoms with Crippen molar-refractivity contribution in [3.8, 4) is 0 Å². The van der Waals surface area contributed by atoms with Crippen LogP contribution in [0, 0.1) is 0 Å². The molecule has 1 aromatic heterocycles. The first-order valence-corrected chi connectivity index (χ1v) is 7.75. The number of hydrogen-bond acceptors (Lipinski definition) is 2. The lowest BCUT2D eigenvalue weighted by Crippen LogP contribution is -2.10. The van der Waals surface area contributed by atoms with Gasteiger partial charge in [0.15, 0.2) is 6.29 Å². The van der Waals surface area contributed by atoms with Crippen LogP contribution in [-0.2, 0) is 0 Å². The van der Waals surface area contributed by atoms with Crippen molar-refractivity contribution >= 4 is 55.0 Å². The van der Waals surface area contributed by atoms with Gasteiger partial charge < -0.3 is 0 Å². The third-order valence-corrected chi connectivity index (χ3v) is 4.43. The standard InChI is InChI=1S/C16H9Br2NO2/c17-12-6-4-10(5-7-12)16(21)19-8-11(9-20)15-13(18)2-1-3-14(15)19/h1-9H. The van der Waals surface area contributed by atoms with Crippen LogP contribution in [0.1, 0.15) is 20.7 Å². The molecule has 0 fully saturated rings. The van der Waals surface area contributed by atoms with Gasteiger partial charge in [-0.05, 0) is 36.4 Å². The van der Waals surface area contributed by atoms with Crippen molar-refractivity contribution in [2.45, 2.75) is 0 Å². The molecule has 0 spiro atoms. The summed E-state index contributed by atoms with van der Waals surface area (Å²) in [6.45, 7) is 0. The van der Waals surface area contributed by atoms with Crippen molar-refractivity contribution in [3.05, 3.63) is 68.7 Å². The van der Waals surface area contributed by atoms with E-state index in [9.17, 15) is 9.59 Å². The maximum atomic E-state index is 12.6. The highest BCUT2D eigenvalue weighted by Crippen LogP contribution is 2.28. The second-order valence-corrected chi connectivity index (χ2v) is 6.29. The van der Waals surface area contributed by atoms with Crippen LogP contribution >= 0.6 is 31.9 Å². The lowest BCUT2D eigenvalue weighted by atomic mass is 10.2. The average Bonchev–Trinajstić information content (AvgIpc) is 2.87. The van der Waals surface area contributed by atoms with E-state index in [1.165, 1.54) is 4.57 Å². The fraction of sp³-hybridized carbons (Fsp3) is 0. The Labute approximate surface area is 137 Å². The van der Waals surface area contributed by atoms with Crippen molar-refractivity contribution in [2.24, 2.45) is 0 Å². The van der Waals surface area contributed by atoms with Gasteiger partial charge in [-0.3, -0.25) is 14.2 Å². The number of rotatable bonds is 2. The largest absolute Gasteiger partial charge is 0.298 e. The summed E-state index contributed by atoms with van der Waals surface area (Å²) in [7, 11) is 0. The molecule has 5 heteroatoms. The maximum absolute atomic E-state index is 12.6. The summed E-state index contributed by atoms with van der Waals surface area (Å²) in [5.74, 6) is -0.168. The van der Waals surface area contributed by atoms with Crippen LogP contribution in [0.3, 0.4) is 0 Å². The van der Waals surface area contributed by atoms with E-state index in [1.54, 1.807) is 18.3 Å². The molecule has 0 N–H and O–H groups in total. The molecule has 0 bridgehead atoms. The molecule has 1 heterocycles. The zero-order chi connectivity index (χ0) is 15.0. The molecule has 0 aliphatic heterocycles. The lowest BCUT2D eigenvalue weighted by molar-refractivity contribution is 0.0965. The molecule has 0 radical (unpaired) electrons. The predicted octanol–water partition coefficient (Wildman–Crippen LogP) is 4.67. The SMILES string of the molecule is O=Cc1cn(C(=O)c2ccc(Br)cc2)c2cccc(Br)c12. The molecule has 0 saturated carbocycles. The molecule has 2 aromatic carbocycles. The minimum atomic E-state index is -0.168. The summed E-state index contributed by atoms with van der Waals surface area (Å²) in [6.07, 6.45) is 2.34. The molecule has 3 rings (SSSR count). The Bertz CT molecular complexity index is 851. The Morgan fingerprint density at radius 2 is 1.76 bits per heavy atom. The van der Waals surface area contributed by atoms with Crippen LogP contribution in [0.15, 0.2) is 57.6 Å². The minimum absolute atomic E-state index is 0.168. The summed E-state index contributed by atoms with van der Waals surface area (Å²) in [6, 6.07) is 12.6. The first kappa shape index (κ1) is 14.2. The van der Waals surface area contributed by atoms with Gasteiger partial charge in [-0.15, -0.1) is 0 Å². The van der Waals surface area contributed by atoms with Crippen molar-refractivity contribution in [3.63, 3.8) is 0 Å². The van der Waals surface area contributed by atoms with Gasteiger partial charge in [0.25, 0.3) is 5.91 Å². The maximum Gasteiger partial charge on any atom is 0.262 e. The summed E-state index contributed by atoms with van der Waals surface area (Å²) >= 11 is 6.77. The molecule has 3 aromatic rings. The van der Waals surface area contributed by atoms with E-state index in [0.29, 0.717) is 16.6 Å². The molecule has 0 saturated heterocycles. The predicted molar refractivity (Wildman–Crippen MR) is 88.9 cm³/mol. The smallest absolute Gasteiger partial charge is 0.262 e. The zero-order valence-corrected chi connectivity index (χ0v) is 13.9. The molecule has 0 atom stereocenters. The minimum Gasteiger partial charge on any atom is -0.298 e. The van der Waals surface area contributed by atoms with Crippen molar-refractivity contribution < 1.29 is 9.59 Å². The normalized spacial score (nSPS) is 10.8. The second-order valence-electron chi connectivity index (χ2n) is 4.52. The van der Waals surface area contributed by atoms with E-state index >= 15 is 0 Å². The Balaban J connectivity index is 2.21. The van der Waals surface area contributed by atoms with E-state index in [-0.39, 0.29) is 5.91 Å². The Kier molecular flexibility index (Phi) is 3.78. The molecule has 0 unspecified atom stereocenters. The van der Waals surface area contributed by atoms with E-state index < -0.39 is 0 Å². The number of benzene rings is 2. The number of hydrogen-bond donors (Lipinski definition) is 0.